The molecule has 0 saturated carbocycles. The van der Waals surface area contributed by atoms with Crippen LogP contribution in [0.2, 0.25) is 10.0 Å². The molecule has 10 nitrogen and oxygen atoms in total. The van der Waals surface area contributed by atoms with E-state index in [0.717, 1.165) is 5.52 Å². The maximum absolute atomic E-state index is 12.9. The van der Waals surface area contributed by atoms with Gasteiger partial charge in [0.1, 0.15) is 5.69 Å². The van der Waals surface area contributed by atoms with Crippen LogP contribution in [0.5, 0.6) is 0 Å². The first-order valence-corrected chi connectivity index (χ1v) is 12.1. The summed E-state index contributed by atoms with van der Waals surface area (Å²) in [6.45, 7) is 2.35. The van der Waals surface area contributed by atoms with E-state index in [4.69, 9.17) is 28.3 Å². The molecule has 1 fully saturated rings. The number of urea groups is 1. The van der Waals surface area contributed by atoms with Gasteiger partial charge in [0.15, 0.2) is 11.5 Å². The molecule has 3 amide bonds. The van der Waals surface area contributed by atoms with E-state index >= 15 is 0 Å². The Hall–Kier alpha value is -2.18. The van der Waals surface area contributed by atoms with E-state index < -0.39 is 29.6 Å². The number of aromatic nitrogens is 1. The molecule has 1 saturated heterocycles. The van der Waals surface area contributed by atoms with E-state index in [9.17, 15) is 18.9 Å². The average molecular weight is 518 g/mol. The lowest BCUT2D eigenvalue weighted by Gasteiger charge is -2.31. The van der Waals surface area contributed by atoms with E-state index in [1.165, 1.54) is 0 Å². The fourth-order valence-corrected chi connectivity index (χ4v) is 4.97. The number of hydrogen-bond acceptors (Lipinski definition) is 5. The van der Waals surface area contributed by atoms with Crippen molar-refractivity contribution in [3.05, 3.63) is 33.9 Å². The molecule has 1 aliphatic heterocycles. The lowest BCUT2D eigenvalue weighted by Crippen LogP contribution is -2.53. The van der Waals surface area contributed by atoms with Crippen LogP contribution < -0.4 is 15.4 Å². The molecule has 4 N–H and O–H groups in total. The molecule has 2 heterocycles. The summed E-state index contributed by atoms with van der Waals surface area (Å²) in [5.41, 5.74) is 1.25. The third-order valence-corrected chi connectivity index (χ3v) is 7.42. The largest absolute Gasteiger partial charge is 0.573 e. The minimum Gasteiger partial charge on any atom is -0.573 e. The number of carbonyl (C=O) groups excluding carboxylic acids is 2. The molecule has 0 spiro atoms. The van der Waals surface area contributed by atoms with Crippen molar-refractivity contribution in [1.82, 2.24) is 24.2 Å². The topological polar surface area (TPSA) is 139 Å². The van der Waals surface area contributed by atoms with Gasteiger partial charge in [-0.1, -0.05) is 23.2 Å². The maximum atomic E-state index is 12.9. The Labute approximate surface area is 204 Å². The Kier molecular flexibility index (Phi) is 8.35. The van der Waals surface area contributed by atoms with Crippen molar-refractivity contribution in [3.63, 3.8) is 0 Å². The monoisotopic (exact) mass is 517 g/mol. The Morgan fingerprint density at radius 1 is 1.27 bits per heavy atom. The molecule has 2 unspecified atom stereocenters. The fourth-order valence-electron chi connectivity index (χ4n) is 3.70. The number of nitrogens with one attached hydrogen (secondary N) is 3. The number of piperidine rings is 1. The third kappa shape index (κ3) is 6.24. The quantitative estimate of drug-likeness (QED) is 0.416. The molecule has 1 aromatic carbocycles. The van der Waals surface area contributed by atoms with Crippen molar-refractivity contribution < 1.29 is 24.0 Å². The number of halogens is 2. The van der Waals surface area contributed by atoms with Gasteiger partial charge in [-0.2, -0.15) is 0 Å². The highest BCUT2D eigenvalue weighted by atomic mass is 35.5. The first-order chi connectivity index (χ1) is 15.6. The number of benzene rings is 1. The lowest BCUT2D eigenvalue weighted by molar-refractivity contribution is -0.137. The number of amides is 3. The van der Waals surface area contributed by atoms with Crippen LogP contribution in [0, 0.1) is 0 Å². The van der Waals surface area contributed by atoms with Crippen molar-refractivity contribution in [2.24, 2.45) is 7.05 Å². The fraction of sp³-hybridized carbons (Fsp3) is 0.450. The molecule has 33 heavy (non-hydrogen) atoms. The van der Waals surface area contributed by atoms with Gasteiger partial charge in [-0.15, -0.1) is 9.03 Å². The van der Waals surface area contributed by atoms with Crippen LogP contribution in [0.15, 0.2) is 18.2 Å². The van der Waals surface area contributed by atoms with Crippen molar-refractivity contribution in [2.75, 3.05) is 13.1 Å². The maximum Gasteiger partial charge on any atom is 0.358 e. The summed E-state index contributed by atoms with van der Waals surface area (Å²) in [6.07, 6.45) is 0.862. The number of aryl methyl sites for hydroxylation is 1. The van der Waals surface area contributed by atoms with Crippen LogP contribution in [0.1, 0.15) is 36.7 Å². The highest BCUT2D eigenvalue weighted by molar-refractivity contribution is 7.87. The molecule has 2 atom stereocenters. The number of rotatable bonds is 7. The van der Waals surface area contributed by atoms with Gasteiger partial charge in [0.05, 0.1) is 16.5 Å². The van der Waals surface area contributed by atoms with Gasteiger partial charge in [0, 0.05) is 43.1 Å². The number of aliphatic carboxylic acids is 1. The number of carbonyl (C=O) groups is 3. The Morgan fingerprint density at radius 2 is 1.94 bits per heavy atom. The van der Waals surface area contributed by atoms with Crippen LogP contribution in [0.4, 0.5) is 4.79 Å². The van der Waals surface area contributed by atoms with Crippen LogP contribution in [-0.4, -0.2) is 61.6 Å². The number of nitrogens with zero attached hydrogens (tertiary/aromatic N) is 2. The number of carboxylic acids is 1. The van der Waals surface area contributed by atoms with Gasteiger partial charge in [-0.25, -0.2) is 4.79 Å². The Balaban J connectivity index is 1.51. The Bertz CT molecular complexity index is 1060. The SMILES string of the molecule is CC(CC(=O)O)NC(=O)N[S+]([O-])N1CCC(NC(=O)c2cc3c(Cl)c(Cl)ccc3n2C)CC1. The summed E-state index contributed by atoms with van der Waals surface area (Å²) in [6, 6.07) is 3.78. The van der Waals surface area contributed by atoms with Gasteiger partial charge in [-0.3, -0.25) is 9.59 Å². The average Bonchev–Trinajstić information content (AvgIpc) is 3.07. The van der Waals surface area contributed by atoms with Crippen molar-refractivity contribution in [3.8, 4) is 0 Å². The molecule has 13 heteroatoms. The smallest absolute Gasteiger partial charge is 0.358 e. The first-order valence-electron chi connectivity index (χ1n) is 10.3. The zero-order chi connectivity index (χ0) is 24.3. The molecule has 0 bridgehead atoms. The molecular formula is C20H25Cl2N5O5S. The highest BCUT2D eigenvalue weighted by Gasteiger charge is 2.30. The molecule has 1 aliphatic rings. The van der Waals surface area contributed by atoms with Crippen LogP contribution in [0.3, 0.4) is 0 Å². The predicted octanol–water partition coefficient (Wildman–Crippen LogP) is 2.42. The minimum absolute atomic E-state index is 0.118. The second-order valence-electron chi connectivity index (χ2n) is 7.88. The van der Waals surface area contributed by atoms with Gasteiger partial charge in [-0.05, 0) is 38.0 Å². The summed E-state index contributed by atoms with van der Waals surface area (Å²) in [7, 11) is 1.78. The molecule has 0 radical (unpaired) electrons. The Morgan fingerprint density at radius 3 is 2.58 bits per heavy atom. The van der Waals surface area contributed by atoms with Crippen molar-refractivity contribution in [2.45, 2.75) is 38.3 Å². The van der Waals surface area contributed by atoms with E-state index in [1.807, 2.05) is 0 Å². The third-order valence-electron chi connectivity index (χ3n) is 5.41. The summed E-state index contributed by atoms with van der Waals surface area (Å²) < 4.78 is 18.1. The van der Waals surface area contributed by atoms with E-state index in [0.29, 0.717) is 47.1 Å². The molecule has 3 rings (SSSR count). The molecule has 180 valence electrons. The number of fused-ring (bicyclic) bond motifs is 1. The summed E-state index contributed by atoms with van der Waals surface area (Å²) >= 11 is 10.6. The number of carboxylic acid groups (broad SMARTS) is 1. The van der Waals surface area contributed by atoms with Gasteiger partial charge in [0.2, 0.25) is 0 Å². The van der Waals surface area contributed by atoms with Crippen molar-refractivity contribution in [1.29, 1.82) is 0 Å². The van der Waals surface area contributed by atoms with E-state index in [2.05, 4.69) is 15.4 Å². The zero-order valence-electron chi connectivity index (χ0n) is 18.1. The molecular weight excluding hydrogens is 493 g/mol. The molecule has 0 aliphatic carbocycles. The standard InChI is InChI=1S/C20H25Cl2N5O5S/c1-11(9-17(28)29)23-20(31)25-33(32)27-7-5-12(6-8-27)24-19(30)16-10-13-15(26(16)2)4-3-14(21)18(13)22/h3-4,10-12H,5-9H2,1-2H3,(H,24,30)(H,28,29)(H2,23,25,31). The van der Waals surface area contributed by atoms with Gasteiger partial charge < -0.3 is 24.9 Å². The molecule has 2 aromatic rings. The second kappa shape index (κ2) is 10.8. The zero-order valence-corrected chi connectivity index (χ0v) is 20.4. The van der Waals surface area contributed by atoms with Crippen LogP contribution in [-0.2, 0) is 23.4 Å². The first kappa shape index (κ1) is 25.4. The summed E-state index contributed by atoms with van der Waals surface area (Å²) in [4.78, 5) is 35.4. The predicted molar refractivity (Wildman–Crippen MR) is 127 cm³/mol. The second-order valence-corrected chi connectivity index (χ2v) is 9.89. The number of hydrogen-bond donors (Lipinski definition) is 4. The summed E-state index contributed by atoms with van der Waals surface area (Å²) in [5.74, 6) is -1.28. The lowest BCUT2D eigenvalue weighted by atomic mass is 10.1. The minimum atomic E-state index is -1.77. The van der Waals surface area contributed by atoms with Gasteiger partial charge in [0.25, 0.3) is 5.91 Å². The normalized spacial score (nSPS) is 16.9. The highest BCUT2D eigenvalue weighted by Crippen LogP contribution is 2.32. The molecule has 1 aromatic heterocycles. The summed E-state index contributed by atoms with van der Waals surface area (Å²) in [5, 5.41) is 15.7. The van der Waals surface area contributed by atoms with Gasteiger partial charge >= 0.3 is 12.0 Å². The van der Waals surface area contributed by atoms with Crippen LogP contribution >= 0.6 is 23.2 Å². The van der Waals surface area contributed by atoms with E-state index in [-0.39, 0.29) is 18.4 Å². The van der Waals surface area contributed by atoms with Crippen molar-refractivity contribution >= 4 is 63.6 Å². The van der Waals surface area contributed by atoms with E-state index in [1.54, 1.807) is 41.0 Å². The van der Waals surface area contributed by atoms with Crippen LogP contribution in [0.25, 0.3) is 10.9 Å².